The fourth-order valence-corrected chi connectivity index (χ4v) is 5.22. The van der Waals surface area contributed by atoms with Crippen LogP contribution in [0.3, 0.4) is 0 Å². The van der Waals surface area contributed by atoms with E-state index >= 15 is 0 Å². The molecule has 0 N–H and O–H groups in total. The van der Waals surface area contributed by atoms with E-state index in [1.165, 1.54) is 39.4 Å². The Morgan fingerprint density at radius 1 is 1.11 bits per heavy atom. The third-order valence-electron chi connectivity index (χ3n) is 6.65. The molecule has 1 aliphatic rings. The van der Waals surface area contributed by atoms with Gasteiger partial charge in [-0.2, -0.15) is 4.31 Å². The minimum Gasteiger partial charge on any atom is -0.413 e. The molecule has 0 spiro atoms. The second-order valence-electron chi connectivity index (χ2n) is 10.3. The molecule has 2 aromatic rings. The van der Waals surface area contributed by atoms with Gasteiger partial charge in [0, 0.05) is 38.1 Å². The van der Waals surface area contributed by atoms with Crippen LogP contribution in [0, 0.1) is 5.82 Å². The summed E-state index contributed by atoms with van der Waals surface area (Å²) in [5.74, 6) is -0.161. The lowest BCUT2D eigenvalue weighted by Crippen LogP contribution is -2.50. The van der Waals surface area contributed by atoms with Crippen molar-refractivity contribution in [2.45, 2.75) is 38.9 Å². The number of nitrogens with zero attached hydrogens (tertiary/aromatic N) is 4. The highest BCUT2D eigenvalue weighted by Crippen LogP contribution is 2.36. The van der Waals surface area contributed by atoms with Crippen LogP contribution in [0.2, 0.25) is 18.1 Å². The van der Waals surface area contributed by atoms with Crippen LogP contribution in [0.15, 0.2) is 41.3 Å². The van der Waals surface area contributed by atoms with Crippen LogP contribution in [-0.4, -0.2) is 69.6 Å². The molecule has 0 saturated carbocycles. The number of piperazine rings is 1. The Bertz CT molecular complexity index is 1230. The summed E-state index contributed by atoms with van der Waals surface area (Å²) in [6.07, 6.45) is 6.49. The van der Waals surface area contributed by atoms with Gasteiger partial charge in [-0.1, -0.05) is 26.8 Å². The summed E-state index contributed by atoms with van der Waals surface area (Å²) in [6.45, 7) is 12.6. The lowest BCUT2D eigenvalue weighted by molar-refractivity contribution is 0.328. The monoisotopic (exact) mass is 522 g/mol. The zero-order valence-corrected chi connectivity index (χ0v) is 23.1. The molecule has 8 nitrogen and oxygen atoms in total. The number of hydrogen-bond acceptors (Lipinski definition) is 6. The molecule has 2 heterocycles. The van der Waals surface area contributed by atoms with Gasteiger partial charge in [-0.15, -0.1) is 0 Å². The van der Waals surface area contributed by atoms with Crippen molar-refractivity contribution >= 4 is 30.2 Å². The molecule has 0 unspecified atom stereocenters. The molecule has 35 heavy (non-hydrogen) atoms. The van der Waals surface area contributed by atoms with E-state index < -0.39 is 24.2 Å². The van der Waals surface area contributed by atoms with Crippen LogP contribution in [0.5, 0.6) is 0 Å². The van der Waals surface area contributed by atoms with E-state index in [1.54, 1.807) is 11.1 Å². The van der Waals surface area contributed by atoms with Crippen molar-refractivity contribution in [1.29, 1.82) is 0 Å². The lowest BCUT2D eigenvalue weighted by atomic mass is 10.2. The van der Waals surface area contributed by atoms with E-state index in [0.717, 1.165) is 0 Å². The van der Waals surface area contributed by atoms with E-state index in [0.29, 0.717) is 31.1 Å². The molecule has 0 aliphatic carbocycles. The summed E-state index contributed by atoms with van der Waals surface area (Å²) in [6, 6.07) is 5.68. The first-order valence-electron chi connectivity index (χ1n) is 11.6. The van der Waals surface area contributed by atoms with Gasteiger partial charge in [0.05, 0.1) is 18.6 Å². The number of benzene rings is 1. The molecule has 11 heteroatoms. The van der Waals surface area contributed by atoms with Crippen molar-refractivity contribution in [2.24, 2.45) is 0 Å². The van der Waals surface area contributed by atoms with Gasteiger partial charge in [0.1, 0.15) is 5.82 Å². The number of sulfonamides is 1. The Labute approximate surface area is 208 Å². The number of hydrogen-bond donors (Lipinski definition) is 0. The predicted molar refractivity (Wildman–Crippen MR) is 141 cm³/mol. The van der Waals surface area contributed by atoms with Gasteiger partial charge in [0.2, 0.25) is 10.0 Å². The summed E-state index contributed by atoms with van der Waals surface area (Å²) in [5.41, 5.74) is 0.717. The average molecular weight is 523 g/mol. The van der Waals surface area contributed by atoms with Crippen molar-refractivity contribution in [2.75, 3.05) is 43.9 Å². The van der Waals surface area contributed by atoms with Crippen molar-refractivity contribution < 1.29 is 17.2 Å². The lowest BCUT2D eigenvalue weighted by Gasteiger charge is -2.35. The Balaban J connectivity index is 1.92. The molecule has 1 saturated heterocycles. The highest BCUT2D eigenvalue weighted by Gasteiger charge is 2.36. The Hall–Kier alpha value is -2.34. The van der Waals surface area contributed by atoms with Gasteiger partial charge in [0.25, 0.3) is 5.56 Å². The van der Waals surface area contributed by atoms with Crippen LogP contribution in [0.4, 0.5) is 10.2 Å². The zero-order valence-electron chi connectivity index (χ0n) is 21.3. The van der Waals surface area contributed by atoms with Gasteiger partial charge >= 0.3 is 0 Å². The van der Waals surface area contributed by atoms with Crippen LogP contribution in [-0.2, 0) is 14.4 Å². The van der Waals surface area contributed by atoms with Crippen LogP contribution < -0.4 is 10.5 Å². The molecular weight excluding hydrogens is 487 g/mol. The van der Waals surface area contributed by atoms with Crippen molar-refractivity contribution in [3.63, 3.8) is 0 Å². The van der Waals surface area contributed by atoms with E-state index in [1.807, 2.05) is 12.2 Å². The standard InChI is InChI=1S/C24H35FN4O4SSi/c1-24(2,3)35(5,6)33-17-7-8-20-18-29(21-11-9-19(25)10-12-21)23(30)22(26-20)27-13-15-28(16-14-27)34(4,31)32/h7-12,18H,13-17H2,1-6H3/b8-7+. The van der Waals surface area contributed by atoms with Gasteiger partial charge in [0.15, 0.2) is 14.1 Å². The Morgan fingerprint density at radius 3 is 2.26 bits per heavy atom. The van der Waals surface area contributed by atoms with E-state index in [4.69, 9.17) is 4.43 Å². The maximum absolute atomic E-state index is 13.5. The molecule has 1 aromatic heterocycles. The third kappa shape index (κ3) is 6.66. The summed E-state index contributed by atoms with van der Waals surface area (Å²) in [4.78, 5) is 19.7. The summed E-state index contributed by atoms with van der Waals surface area (Å²) in [5, 5.41) is 0.0934. The van der Waals surface area contributed by atoms with Crippen LogP contribution in [0.25, 0.3) is 11.8 Å². The number of halogens is 1. The summed E-state index contributed by atoms with van der Waals surface area (Å²) >= 11 is 0. The van der Waals surface area contributed by atoms with Crippen LogP contribution in [0.1, 0.15) is 26.5 Å². The maximum atomic E-state index is 13.5. The Morgan fingerprint density at radius 2 is 1.71 bits per heavy atom. The Kier molecular flexibility index (Phi) is 8.05. The van der Waals surface area contributed by atoms with E-state index in [-0.39, 0.29) is 29.5 Å². The second kappa shape index (κ2) is 10.3. The third-order valence-corrected chi connectivity index (χ3v) is 12.5. The van der Waals surface area contributed by atoms with Gasteiger partial charge in [-0.3, -0.25) is 9.36 Å². The van der Waals surface area contributed by atoms with Crippen molar-refractivity contribution in [1.82, 2.24) is 13.9 Å². The first-order valence-corrected chi connectivity index (χ1v) is 16.3. The molecule has 0 bridgehead atoms. The smallest absolute Gasteiger partial charge is 0.298 e. The first-order chi connectivity index (χ1) is 16.2. The largest absolute Gasteiger partial charge is 0.413 e. The molecular formula is C24H35FN4O4SSi. The van der Waals surface area contributed by atoms with Gasteiger partial charge < -0.3 is 9.33 Å². The summed E-state index contributed by atoms with van der Waals surface area (Å²) in [7, 11) is -5.20. The molecule has 1 aromatic carbocycles. The minimum absolute atomic E-state index is 0.0934. The fraction of sp³-hybridized carbons (Fsp3) is 0.500. The molecule has 0 radical (unpaired) electrons. The quantitative estimate of drug-likeness (QED) is 0.518. The highest BCUT2D eigenvalue weighted by molar-refractivity contribution is 7.88. The molecule has 192 valence electrons. The molecule has 1 aliphatic heterocycles. The van der Waals surface area contributed by atoms with E-state index in [2.05, 4.69) is 38.8 Å². The molecule has 0 amide bonds. The van der Waals surface area contributed by atoms with Crippen molar-refractivity contribution in [3.8, 4) is 5.69 Å². The fourth-order valence-electron chi connectivity index (χ4n) is 3.45. The summed E-state index contributed by atoms with van der Waals surface area (Å²) < 4.78 is 46.3. The van der Waals surface area contributed by atoms with Gasteiger partial charge in [-0.05, 0) is 48.5 Å². The first kappa shape index (κ1) is 27.2. The normalized spacial score (nSPS) is 16.3. The van der Waals surface area contributed by atoms with Crippen LogP contribution >= 0.6 is 0 Å². The predicted octanol–water partition coefficient (Wildman–Crippen LogP) is 3.49. The minimum atomic E-state index is -3.30. The molecule has 3 rings (SSSR count). The van der Waals surface area contributed by atoms with E-state index in [9.17, 15) is 17.6 Å². The number of anilines is 1. The highest BCUT2D eigenvalue weighted by atomic mass is 32.2. The van der Waals surface area contributed by atoms with Gasteiger partial charge in [-0.25, -0.2) is 17.8 Å². The van der Waals surface area contributed by atoms with Crippen molar-refractivity contribution in [3.05, 3.63) is 58.4 Å². The zero-order chi connectivity index (χ0) is 26.0. The average Bonchev–Trinajstić information content (AvgIpc) is 2.77. The number of aromatic nitrogens is 2. The second-order valence-corrected chi connectivity index (χ2v) is 17.1. The number of rotatable bonds is 7. The molecule has 0 atom stereocenters. The molecule has 1 fully saturated rings. The SMILES string of the molecule is CC(C)(C)[Si](C)(C)OC/C=C/c1cn(-c2ccc(F)cc2)c(=O)c(N2CCN(S(C)(=O)=O)CC2)n1. The topological polar surface area (TPSA) is 84.7 Å². The maximum Gasteiger partial charge on any atom is 0.298 e.